The number of rotatable bonds is 8. The van der Waals surface area contributed by atoms with Crippen molar-refractivity contribution >= 4 is 23.9 Å². The van der Waals surface area contributed by atoms with Gasteiger partial charge in [0.2, 0.25) is 11.8 Å². The summed E-state index contributed by atoms with van der Waals surface area (Å²) >= 11 is 0. The summed E-state index contributed by atoms with van der Waals surface area (Å²) in [7, 11) is 0. The molecular formula is C20H31N5O6. The van der Waals surface area contributed by atoms with Crippen molar-refractivity contribution in [3.63, 3.8) is 0 Å². The highest BCUT2D eigenvalue weighted by Crippen LogP contribution is 2.23. The molecule has 0 bridgehead atoms. The molecule has 11 nitrogen and oxygen atoms in total. The topological polar surface area (TPSA) is 172 Å². The Hall–Kier alpha value is -3.08. The third-order valence-electron chi connectivity index (χ3n) is 5.15. The van der Waals surface area contributed by atoms with Crippen LogP contribution in [-0.2, 0) is 14.3 Å². The maximum absolute atomic E-state index is 12.4. The Balaban J connectivity index is 2.08. The number of aliphatic hydroxyl groups is 1. The molecule has 0 radical (unpaired) electrons. The number of hydrogen-bond donors (Lipinski definition) is 6. The van der Waals surface area contributed by atoms with Gasteiger partial charge >= 0.3 is 12.1 Å². The normalized spacial score (nSPS) is 23.6. The number of ether oxygens (including phenoxy) is 1. The van der Waals surface area contributed by atoms with Gasteiger partial charge in [-0.25, -0.2) is 9.59 Å². The molecule has 172 valence electrons. The molecule has 11 heteroatoms. The average Bonchev–Trinajstić information content (AvgIpc) is 2.73. The number of alkyl carbamates (subject to hydrolysis) is 1. The summed E-state index contributed by atoms with van der Waals surface area (Å²) in [4.78, 5) is 47.7. The minimum atomic E-state index is -1.28. The van der Waals surface area contributed by atoms with Gasteiger partial charge in [0.05, 0.1) is 12.6 Å². The number of amides is 5. The Morgan fingerprint density at radius 3 is 2.52 bits per heavy atom. The number of nitrogens with one attached hydrogen (secondary N) is 4. The fraction of sp³-hybridized carbons (Fsp3) is 0.600. The van der Waals surface area contributed by atoms with E-state index in [2.05, 4.69) is 27.8 Å². The van der Waals surface area contributed by atoms with Gasteiger partial charge in [0.1, 0.15) is 12.2 Å². The first-order valence-corrected chi connectivity index (χ1v) is 10.4. The lowest BCUT2D eigenvalue weighted by molar-refractivity contribution is -0.123. The second-order valence-corrected chi connectivity index (χ2v) is 7.63. The van der Waals surface area contributed by atoms with Crippen molar-refractivity contribution in [1.82, 2.24) is 21.3 Å². The molecule has 3 atom stereocenters. The zero-order valence-electron chi connectivity index (χ0n) is 17.4. The lowest BCUT2D eigenvalue weighted by Crippen LogP contribution is -2.55. The quantitative estimate of drug-likeness (QED) is 0.281. The maximum Gasteiger partial charge on any atom is 0.407 e. The Labute approximate surface area is 180 Å². The molecule has 2 rings (SSSR count). The largest absolute Gasteiger partial charge is 0.443 e. The number of carbonyl (C=O) groups excluding carboxylic acids is 4. The Kier molecular flexibility index (Phi) is 9.32. The molecule has 31 heavy (non-hydrogen) atoms. The van der Waals surface area contributed by atoms with E-state index in [1.807, 2.05) is 0 Å². The summed E-state index contributed by atoms with van der Waals surface area (Å²) in [6, 6.07) is -1.42. The predicted octanol–water partition coefficient (Wildman–Crippen LogP) is -0.440. The van der Waals surface area contributed by atoms with Crippen molar-refractivity contribution in [3.05, 3.63) is 24.3 Å². The van der Waals surface area contributed by atoms with Crippen LogP contribution in [0.4, 0.5) is 9.59 Å². The van der Waals surface area contributed by atoms with Gasteiger partial charge in [-0.05, 0) is 12.8 Å². The van der Waals surface area contributed by atoms with Gasteiger partial charge in [-0.2, -0.15) is 0 Å². The summed E-state index contributed by atoms with van der Waals surface area (Å²) in [6.45, 7) is 3.27. The van der Waals surface area contributed by atoms with Crippen molar-refractivity contribution in [3.8, 4) is 0 Å². The molecule has 0 aromatic rings. The van der Waals surface area contributed by atoms with Crippen LogP contribution in [0, 0.1) is 0 Å². The van der Waals surface area contributed by atoms with Crippen molar-refractivity contribution < 1.29 is 29.0 Å². The smallest absolute Gasteiger partial charge is 0.407 e. The maximum atomic E-state index is 12.4. The number of carbonyl (C=O) groups is 4. The van der Waals surface area contributed by atoms with E-state index in [-0.39, 0.29) is 31.1 Å². The summed E-state index contributed by atoms with van der Waals surface area (Å²) < 4.78 is 5.24. The van der Waals surface area contributed by atoms with Crippen LogP contribution in [0.5, 0.6) is 0 Å². The Morgan fingerprint density at radius 1 is 1.16 bits per heavy atom. The van der Waals surface area contributed by atoms with Gasteiger partial charge in [0.25, 0.3) is 0 Å². The summed E-state index contributed by atoms with van der Waals surface area (Å²) in [5, 5.41) is 20.9. The van der Waals surface area contributed by atoms with Crippen LogP contribution in [0.2, 0.25) is 0 Å². The highest BCUT2D eigenvalue weighted by molar-refractivity contribution is 5.96. The molecule has 3 unspecified atom stereocenters. The van der Waals surface area contributed by atoms with E-state index in [9.17, 15) is 24.3 Å². The predicted molar refractivity (Wildman–Crippen MR) is 112 cm³/mol. The molecule has 1 fully saturated rings. The summed E-state index contributed by atoms with van der Waals surface area (Å²) in [5.74, 6) is -1.33. The second-order valence-electron chi connectivity index (χ2n) is 7.63. The molecule has 2 aliphatic carbocycles. The highest BCUT2D eigenvalue weighted by atomic mass is 16.6. The van der Waals surface area contributed by atoms with Crippen LogP contribution in [0.15, 0.2) is 24.3 Å². The van der Waals surface area contributed by atoms with Gasteiger partial charge in [-0.3, -0.25) is 9.59 Å². The molecule has 7 N–H and O–H groups in total. The van der Waals surface area contributed by atoms with Gasteiger partial charge in [-0.1, -0.05) is 31.4 Å². The molecule has 0 aromatic heterocycles. The second kappa shape index (κ2) is 11.9. The lowest BCUT2D eigenvalue weighted by Gasteiger charge is -2.34. The molecule has 0 heterocycles. The first-order valence-electron chi connectivity index (χ1n) is 10.4. The summed E-state index contributed by atoms with van der Waals surface area (Å²) in [6.07, 6.45) is 4.56. The van der Waals surface area contributed by atoms with Crippen LogP contribution in [0.1, 0.15) is 38.5 Å². The fourth-order valence-electron chi connectivity index (χ4n) is 3.60. The van der Waals surface area contributed by atoms with Gasteiger partial charge in [0, 0.05) is 24.6 Å². The molecule has 2 aliphatic rings. The zero-order valence-corrected chi connectivity index (χ0v) is 17.4. The van der Waals surface area contributed by atoms with E-state index in [1.165, 1.54) is 12.2 Å². The number of urea groups is 1. The van der Waals surface area contributed by atoms with Gasteiger partial charge in [0.15, 0.2) is 0 Å². The number of nitrogens with two attached hydrogens (primary N) is 1. The standard InChI is InChI=1S/C20H31N5O6/c1-2-8-22-20(30)31-15-10-12(18(28)23-11-16(21)26)9-14(17(15)27)25-19(29)24-13-6-4-3-5-7-13/h2,9,13-15,17,27H,1,3-8,10-11H2,(H2,21,26)(H,22,30)(H,23,28)(H2,24,25,29). The van der Waals surface area contributed by atoms with Crippen molar-refractivity contribution in [2.45, 2.75) is 62.8 Å². The molecule has 0 spiro atoms. The number of aliphatic hydroxyl groups excluding tert-OH is 1. The van der Waals surface area contributed by atoms with E-state index in [0.717, 1.165) is 32.1 Å². The lowest BCUT2D eigenvalue weighted by atomic mass is 9.89. The Bertz CT molecular complexity index is 719. The molecule has 0 saturated heterocycles. The van der Waals surface area contributed by atoms with Crippen molar-refractivity contribution in [2.24, 2.45) is 5.73 Å². The highest BCUT2D eigenvalue weighted by Gasteiger charge is 2.37. The summed E-state index contributed by atoms with van der Waals surface area (Å²) in [5.41, 5.74) is 5.20. The van der Waals surface area contributed by atoms with Crippen molar-refractivity contribution in [2.75, 3.05) is 13.1 Å². The van der Waals surface area contributed by atoms with Crippen LogP contribution in [-0.4, -0.2) is 66.4 Å². The van der Waals surface area contributed by atoms with Crippen LogP contribution < -0.4 is 27.0 Å². The first-order chi connectivity index (χ1) is 14.8. The monoisotopic (exact) mass is 437 g/mol. The first kappa shape index (κ1) is 24.2. The van der Waals surface area contributed by atoms with E-state index < -0.39 is 42.2 Å². The molecule has 1 saturated carbocycles. The Morgan fingerprint density at radius 2 is 1.87 bits per heavy atom. The third-order valence-corrected chi connectivity index (χ3v) is 5.15. The zero-order chi connectivity index (χ0) is 22.8. The van der Waals surface area contributed by atoms with Crippen molar-refractivity contribution in [1.29, 1.82) is 0 Å². The average molecular weight is 437 g/mol. The van der Waals surface area contributed by atoms with Gasteiger partial charge in [-0.15, -0.1) is 6.58 Å². The molecule has 0 aromatic carbocycles. The van der Waals surface area contributed by atoms with Crippen LogP contribution >= 0.6 is 0 Å². The van der Waals surface area contributed by atoms with E-state index in [1.54, 1.807) is 0 Å². The minimum Gasteiger partial charge on any atom is -0.443 e. The third kappa shape index (κ3) is 7.93. The molecule has 5 amide bonds. The van der Waals surface area contributed by atoms with Crippen LogP contribution in [0.3, 0.4) is 0 Å². The number of primary amides is 1. The fourth-order valence-corrected chi connectivity index (χ4v) is 3.60. The van der Waals surface area contributed by atoms with Crippen LogP contribution in [0.25, 0.3) is 0 Å². The molecular weight excluding hydrogens is 406 g/mol. The number of hydrogen-bond acceptors (Lipinski definition) is 6. The van der Waals surface area contributed by atoms with Gasteiger partial charge < -0.3 is 36.8 Å². The van der Waals surface area contributed by atoms with E-state index >= 15 is 0 Å². The van der Waals surface area contributed by atoms with E-state index in [4.69, 9.17) is 10.5 Å². The van der Waals surface area contributed by atoms with E-state index in [0.29, 0.717) is 0 Å². The molecule has 0 aliphatic heterocycles. The SMILES string of the molecule is C=CCNC(=O)OC1CC(C(=O)NCC(N)=O)=CC(NC(=O)NC2CCCCC2)C1O. The minimum absolute atomic E-state index is 0.0496.